The SMILES string of the molecule is CCc1cccc(OCc2c(C(=O)O)nnn2CC)c1. The second-order valence-corrected chi connectivity index (χ2v) is 4.30. The van der Waals surface area contributed by atoms with Crippen molar-refractivity contribution in [3.63, 3.8) is 0 Å². The van der Waals surface area contributed by atoms with Gasteiger partial charge in [0.2, 0.25) is 0 Å². The Labute approximate surface area is 117 Å². The van der Waals surface area contributed by atoms with Gasteiger partial charge in [-0.25, -0.2) is 9.48 Å². The molecular weight excluding hydrogens is 258 g/mol. The van der Waals surface area contributed by atoms with Gasteiger partial charge in [-0.15, -0.1) is 5.10 Å². The van der Waals surface area contributed by atoms with Crippen LogP contribution in [0.15, 0.2) is 24.3 Å². The van der Waals surface area contributed by atoms with Crippen LogP contribution in [0.25, 0.3) is 0 Å². The van der Waals surface area contributed by atoms with E-state index in [0.717, 1.165) is 6.42 Å². The number of benzene rings is 1. The molecule has 0 spiro atoms. The summed E-state index contributed by atoms with van der Waals surface area (Å²) in [6.07, 6.45) is 0.923. The van der Waals surface area contributed by atoms with E-state index in [2.05, 4.69) is 17.2 Å². The third-order valence-corrected chi connectivity index (χ3v) is 3.02. The van der Waals surface area contributed by atoms with Gasteiger partial charge < -0.3 is 9.84 Å². The third kappa shape index (κ3) is 2.96. The summed E-state index contributed by atoms with van der Waals surface area (Å²) < 4.78 is 7.20. The number of hydrogen-bond donors (Lipinski definition) is 1. The predicted octanol–water partition coefficient (Wildman–Crippen LogP) is 2.14. The molecule has 0 saturated carbocycles. The van der Waals surface area contributed by atoms with E-state index in [9.17, 15) is 4.79 Å². The lowest BCUT2D eigenvalue weighted by Crippen LogP contribution is -2.10. The number of ether oxygens (including phenoxy) is 1. The van der Waals surface area contributed by atoms with Crippen LogP contribution < -0.4 is 4.74 Å². The summed E-state index contributed by atoms with van der Waals surface area (Å²) in [5.74, 6) is -0.379. The lowest BCUT2D eigenvalue weighted by molar-refractivity contribution is 0.0687. The largest absolute Gasteiger partial charge is 0.487 e. The Hall–Kier alpha value is -2.37. The van der Waals surface area contributed by atoms with Crippen molar-refractivity contribution in [3.05, 3.63) is 41.2 Å². The van der Waals surface area contributed by atoms with Gasteiger partial charge in [-0.1, -0.05) is 24.3 Å². The highest BCUT2D eigenvalue weighted by Crippen LogP contribution is 2.16. The third-order valence-electron chi connectivity index (χ3n) is 3.02. The Bertz CT molecular complexity index is 607. The molecule has 1 N–H and O–H groups in total. The van der Waals surface area contributed by atoms with Crippen molar-refractivity contribution in [1.29, 1.82) is 0 Å². The molecule has 0 aliphatic rings. The number of aromatic nitrogens is 3. The van der Waals surface area contributed by atoms with Crippen LogP contribution in [0.2, 0.25) is 0 Å². The van der Waals surface area contributed by atoms with Gasteiger partial charge in [-0.3, -0.25) is 0 Å². The van der Waals surface area contributed by atoms with E-state index < -0.39 is 5.97 Å². The molecule has 2 rings (SSSR count). The molecule has 0 amide bonds. The molecule has 0 unspecified atom stereocenters. The van der Waals surface area contributed by atoms with Crippen molar-refractivity contribution in [1.82, 2.24) is 15.0 Å². The zero-order chi connectivity index (χ0) is 14.5. The monoisotopic (exact) mass is 275 g/mol. The Morgan fingerprint density at radius 1 is 1.40 bits per heavy atom. The maximum atomic E-state index is 11.1. The lowest BCUT2D eigenvalue weighted by Gasteiger charge is -2.08. The fraction of sp³-hybridized carbons (Fsp3) is 0.357. The average molecular weight is 275 g/mol. The topological polar surface area (TPSA) is 77.2 Å². The van der Waals surface area contributed by atoms with Crippen LogP contribution in [0.1, 0.15) is 35.6 Å². The minimum absolute atomic E-state index is 0.0569. The van der Waals surface area contributed by atoms with Crippen LogP contribution in [-0.4, -0.2) is 26.1 Å². The molecule has 6 heteroatoms. The highest BCUT2D eigenvalue weighted by Gasteiger charge is 2.18. The van der Waals surface area contributed by atoms with E-state index in [1.807, 2.05) is 31.2 Å². The molecule has 0 aliphatic carbocycles. The summed E-state index contributed by atoms with van der Waals surface area (Å²) in [7, 11) is 0. The minimum atomic E-state index is -1.09. The zero-order valence-corrected chi connectivity index (χ0v) is 11.5. The van der Waals surface area contributed by atoms with Crippen molar-refractivity contribution in [2.24, 2.45) is 0 Å². The Kier molecular flexibility index (Phi) is 4.34. The first kappa shape index (κ1) is 14.0. The lowest BCUT2D eigenvalue weighted by atomic mass is 10.2. The van der Waals surface area contributed by atoms with Gasteiger partial charge in [0.25, 0.3) is 0 Å². The molecule has 1 heterocycles. The average Bonchev–Trinajstić information content (AvgIpc) is 2.88. The molecule has 1 aromatic carbocycles. The number of nitrogens with zero attached hydrogens (tertiary/aromatic N) is 3. The highest BCUT2D eigenvalue weighted by atomic mass is 16.5. The van der Waals surface area contributed by atoms with E-state index in [-0.39, 0.29) is 12.3 Å². The standard InChI is InChI=1S/C14H17N3O3/c1-3-10-6-5-7-11(8-10)20-9-12-13(14(18)19)15-16-17(12)4-2/h5-8H,3-4,9H2,1-2H3,(H,18,19). The quantitative estimate of drug-likeness (QED) is 0.874. The van der Waals surface area contributed by atoms with E-state index >= 15 is 0 Å². The molecule has 1 aromatic heterocycles. The Morgan fingerprint density at radius 2 is 2.20 bits per heavy atom. The van der Waals surface area contributed by atoms with E-state index in [0.29, 0.717) is 18.0 Å². The molecule has 0 radical (unpaired) electrons. The van der Waals surface area contributed by atoms with Gasteiger partial charge in [0.15, 0.2) is 5.69 Å². The summed E-state index contributed by atoms with van der Waals surface area (Å²) in [5.41, 5.74) is 1.59. The molecule has 6 nitrogen and oxygen atoms in total. The van der Waals surface area contributed by atoms with E-state index in [4.69, 9.17) is 9.84 Å². The second-order valence-electron chi connectivity index (χ2n) is 4.30. The number of rotatable bonds is 6. The van der Waals surface area contributed by atoms with Crippen molar-refractivity contribution < 1.29 is 14.6 Å². The Morgan fingerprint density at radius 3 is 2.85 bits per heavy atom. The van der Waals surface area contributed by atoms with Crippen molar-refractivity contribution in [2.45, 2.75) is 33.4 Å². The van der Waals surface area contributed by atoms with Crippen molar-refractivity contribution in [2.75, 3.05) is 0 Å². The van der Waals surface area contributed by atoms with Crippen LogP contribution in [0.3, 0.4) is 0 Å². The molecule has 106 valence electrons. The molecule has 0 atom stereocenters. The zero-order valence-electron chi connectivity index (χ0n) is 11.5. The van der Waals surface area contributed by atoms with Gasteiger partial charge in [-0.05, 0) is 31.0 Å². The number of carboxylic acids is 1. The summed E-state index contributed by atoms with van der Waals surface area (Å²) in [6, 6.07) is 7.73. The van der Waals surface area contributed by atoms with Crippen LogP contribution in [0.4, 0.5) is 0 Å². The van der Waals surface area contributed by atoms with Crippen LogP contribution in [-0.2, 0) is 19.6 Å². The fourth-order valence-electron chi connectivity index (χ4n) is 1.90. The summed E-state index contributed by atoms with van der Waals surface area (Å²) in [4.78, 5) is 11.1. The number of aromatic carboxylic acids is 1. The first-order valence-electron chi connectivity index (χ1n) is 6.53. The molecule has 0 bridgehead atoms. The number of carbonyl (C=O) groups is 1. The molecular formula is C14H17N3O3. The summed E-state index contributed by atoms with van der Waals surface area (Å²) >= 11 is 0. The minimum Gasteiger partial charge on any atom is -0.487 e. The maximum Gasteiger partial charge on any atom is 0.358 e. The molecule has 2 aromatic rings. The summed E-state index contributed by atoms with van der Waals surface area (Å²) in [5, 5.41) is 16.6. The molecule has 0 aliphatic heterocycles. The number of hydrogen-bond acceptors (Lipinski definition) is 4. The maximum absolute atomic E-state index is 11.1. The van der Waals surface area contributed by atoms with Crippen LogP contribution >= 0.6 is 0 Å². The van der Waals surface area contributed by atoms with E-state index in [1.165, 1.54) is 10.2 Å². The second kappa shape index (κ2) is 6.18. The fourth-order valence-corrected chi connectivity index (χ4v) is 1.90. The van der Waals surface area contributed by atoms with Crippen LogP contribution in [0.5, 0.6) is 5.75 Å². The van der Waals surface area contributed by atoms with Gasteiger partial charge in [-0.2, -0.15) is 0 Å². The Balaban J connectivity index is 2.17. The molecule has 0 fully saturated rings. The molecule has 20 heavy (non-hydrogen) atoms. The predicted molar refractivity (Wildman–Crippen MR) is 72.8 cm³/mol. The highest BCUT2D eigenvalue weighted by molar-refractivity contribution is 5.86. The normalized spacial score (nSPS) is 10.5. The van der Waals surface area contributed by atoms with Gasteiger partial charge in [0.05, 0.1) is 0 Å². The van der Waals surface area contributed by atoms with Gasteiger partial charge >= 0.3 is 5.97 Å². The van der Waals surface area contributed by atoms with E-state index in [1.54, 1.807) is 0 Å². The number of carboxylic acid groups (broad SMARTS) is 1. The first-order valence-corrected chi connectivity index (χ1v) is 6.53. The van der Waals surface area contributed by atoms with Crippen LogP contribution in [0, 0.1) is 0 Å². The number of aryl methyl sites for hydroxylation is 2. The van der Waals surface area contributed by atoms with Crippen molar-refractivity contribution in [3.8, 4) is 5.75 Å². The smallest absolute Gasteiger partial charge is 0.358 e. The van der Waals surface area contributed by atoms with Crippen molar-refractivity contribution >= 4 is 5.97 Å². The molecule has 0 saturated heterocycles. The summed E-state index contributed by atoms with van der Waals surface area (Å²) in [6.45, 7) is 4.63. The first-order chi connectivity index (χ1) is 9.65. The van der Waals surface area contributed by atoms with Gasteiger partial charge in [0, 0.05) is 6.54 Å². The van der Waals surface area contributed by atoms with Gasteiger partial charge in [0.1, 0.15) is 18.1 Å².